The number of benzene rings is 1. The summed E-state index contributed by atoms with van der Waals surface area (Å²) < 4.78 is 0. The monoisotopic (exact) mass is 328 g/mol. The van der Waals surface area contributed by atoms with E-state index in [2.05, 4.69) is 0 Å². The molecule has 1 aromatic rings. The molecule has 0 unspecified atom stereocenters. The smallest absolute Gasteiger partial charge is 0.223 e. The average Bonchev–Trinajstić information content (AvgIpc) is 2.79. The molecule has 2 heterocycles. The van der Waals surface area contributed by atoms with Crippen LogP contribution in [-0.2, 0) is 16.1 Å². The lowest BCUT2D eigenvalue weighted by atomic mass is 9.68. The maximum absolute atomic E-state index is 12.6. The van der Waals surface area contributed by atoms with Crippen molar-refractivity contribution in [3.63, 3.8) is 0 Å². The molecular weight excluding hydrogens is 304 g/mol. The summed E-state index contributed by atoms with van der Waals surface area (Å²) in [5.74, 6) is -0.162. The van der Waals surface area contributed by atoms with Gasteiger partial charge in [-0.3, -0.25) is 14.5 Å². The van der Waals surface area contributed by atoms with Crippen molar-refractivity contribution in [2.75, 3.05) is 13.1 Å². The van der Waals surface area contributed by atoms with Gasteiger partial charge in [-0.25, -0.2) is 0 Å². The quantitative estimate of drug-likeness (QED) is 0.908. The first-order chi connectivity index (χ1) is 11.6. The first-order valence-electron chi connectivity index (χ1n) is 8.89. The number of likely N-dealkylation sites (tertiary alicyclic amines) is 2. The molecule has 1 aliphatic carbocycles. The second-order valence-corrected chi connectivity index (χ2v) is 7.34. The maximum Gasteiger partial charge on any atom is 0.223 e. The molecule has 4 rings (SSSR count). The van der Waals surface area contributed by atoms with Crippen LogP contribution in [0.1, 0.15) is 31.7 Å². The van der Waals surface area contributed by atoms with Crippen molar-refractivity contribution in [2.45, 2.75) is 44.5 Å². The van der Waals surface area contributed by atoms with E-state index in [0.29, 0.717) is 19.6 Å². The normalized spacial score (nSPS) is 35.6. The number of amides is 1. The summed E-state index contributed by atoms with van der Waals surface area (Å²) in [5, 5.41) is 11.6. The molecule has 2 aliphatic heterocycles. The topological polar surface area (TPSA) is 60.9 Å². The molecule has 0 spiro atoms. The lowest BCUT2D eigenvalue weighted by Crippen LogP contribution is -2.69. The second kappa shape index (κ2) is 5.67. The van der Waals surface area contributed by atoms with Gasteiger partial charge in [0, 0.05) is 44.3 Å². The van der Waals surface area contributed by atoms with Crippen LogP contribution in [0.25, 0.3) is 0 Å². The molecule has 0 aromatic heterocycles. The van der Waals surface area contributed by atoms with Crippen molar-refractivity contribution in [1.29, 1.82) is 0 Å². The summed E-state index contributed by atoms with van der Waals surface area (Å²) in [6.45, 7) is 3.80. The number of hydrogen-bond donors (Lipinski definition) is 1. The van der Waals surface area contributed by atoms with Gasteiger partial charge in [-0.15, -0.1) is 0 Å². The van der Waals surface area contributed by atoms with Crippen molar-refractivity contribution >= 4 is 11.7 Å². The van der Waals surface area contributed by atoms with E-state index in [1.165, 1.54) is 0 Å². The summed E-state index contributed by atoms with van der Waals surface area (Å²) in [5.41, 5.74) is 0.0506. The number of ketones is 1. The highest BCUT2D eigenvalue weighted by molar-refractivity contribution is 5.89. The van der Waals surface area contributed by atoms with E-state index in [9.17, 15) is 14.7 Å². The Morgan fingerprint density at radius 3 is 2.67 bits per heavy atom. The summed E-state index contributed by atoms with van der Waals surface area (Å²) in [4.78, 5) is 28.9. The van der Waals surface area contributed by atoms with Crippen LogP contribution in [-0.4, -0.2) is 51.5 Å². The van der Waals surface area contributed by atoms with Crippen molar-refractivity contribution in [3.8, 4) is 0 Å². The van der Waals surface area contributed by atoms with Gasteiger partial charge >= 0.3 is 0 Å². The third-order valence-corrected chi connectivity index (χ3v) is 6.03. The van der Waals surface area contributed by atoms with E-state index in [1.807, 2.05) is 42.2 Å². The number of hydrogen-bond acceptors (Lipinski definition) is 4. The minimum Gasteiger partial charge on any atom is -0.373 e. The molecule has 3 aliphatic rings. The van der Waals surface area contributed by atoms with Crippen molar-refractivity contribution in [2.24, 2.45) is 11.8 Å². The van der Waals surface area contributed by atoms with E-state index < -0.39 is 11.8 Å². The van der Waals surface area contributed by atoms with Crippen molar-refractivity contribution < 1.29 is 14.7 Å². The number of carbonyl (C=O) groups excluding carboxylic acids is 2. The summed E-state index contributed by atoms with van der Waals surface area (Å²) >= 11 is 0. The first kappa shape index (κ1) is 15.8. The maximum atomic E-state index is 12.6. The minimum absolute atomic E-state index is 0.0931. The largest absolute Gasteiger partial charge is 0.373 e. The van der Waals surface area contributed by atoms with E-state index in [4.69, 9.17) is 0 Å². The molecule has 3 fully saturated rings. The van der Waals surface area contributed by atoms with E-state index in [0.717, 1.165) is 12.0 Å². The van der Waals surface area contributed by atoms with Crippen LogP contribution in [0.4, 0.5) is 0 Å². The fourth-order valence-electron chi connectivity index (χ4n) is 4.95. The van der Waals surface area contributed by atoms with Gasteiger partial charge in [0.1, 0.15) is 11.5 Å². The van der Waals surface area contributed by atoms with Crippen LogP contribution in [0.3, 0.4) is 0 Å². The molecular formula is C19H24N2O3. The molecule has 4 atom stereocenters. The first-order valence-corrected chi connectivity index (χ1v) is 8.89. The van der Waals surface area contributed by atoms with Crippen molar-refractivity contribution in [1.82, 2.24) is 9.80 Å². The number of aliphatic hydroxyl groups is 1. The zero-order chi connectivity index (χ0) is 16.9. The van der Waals surface area contributed by atoms with Gasteiger partial charge < -0.3 is 10.0 Å². The van der Waals surface area contributed by atoms with Crippen LogP contribution >= 0.6 is 0 Å². The summed E-state index contributed by atoms with van der Waals surface area (Å²) in [6.07, 6.45) is 1.41. The third kappa shape index (κ3) is 2.15. The highest BCUT2D eigenvalue weighted by atomic mass is 16.3. The lowest BCUT2D eigenvalue weighted by molar-refractivity contribution is -0.206. The van der Waals surface area contributed by atoms with Gasteiger partial charge in [-0.05, 0) is 12.0 Å². The van der Waals surface area contributed by atoms with Gasteiger partial charge in [0.15, 0.2) is 0 Å². The molecule has 1 saturated carbocycles. The van der Waals surface area contributed by atoms with E-state index in [-0.39, 0.29) is 36.4 Å². The Morgan fingerprint density at radius 1 is 1.21 bits per heavy atom. The fourth-order valence-corrected chi connectivity index (χ4v) is 4.95. The predicted molar refractivity (Wildman–Crippen MR) is 88.8 cm³/mol. The molecule has 0 radical (unpaired) electrons. The van der Waals surface area contributed by atoms with Crippen LogP contribution < -0.4 is 0 Å². The van der Waals surface area contributed by atoms with E-state index in [1.54, 1.807) is 4.90 Å². The highest BCUT2D eigenvalue weighted by Crippen LogP contribution is 2.52. The van der Waals surface area contributed by atoms with E-state index >= 15 is 0 Å². The number of piperidine rings is 1. The molecule has 1 aromatic carbocycles. The Bertz CT molecular complexity index is 662. The zero-order valence-corrected chi connectivity index (χ0v) is 14.0. The number of rotatable bonds is 4. The minimum atomic E-state index is -1.07. The Kier molecular flexibility index (Phi) is 3.73. The summed E-state index contributed by atoms with van der Waals surface area (Å²) in [7, 11) is 0. The molecule has 5 nitrogen and oxygen atoms in total. The third-order valence-electron chi connectivity index (χ3n) is 6.03. The molecule has 4 bridgehead atoms. The number of carbonyl (C=O) groups is 2. The number of nitrogens with zero attached hydrogens (tertiary/aromatic N) is 2. The highest BCUT2D eigenvalue weighted by Gasteiger charge is 2.66. The average molecular weight is 328 g/mol. The molecule has 24 heavy (non-hydrogen) atoms. The van der Waals surface area contributed by atoms with Gasteiger partial charge in [0.25, 0.3) is 0 Å². The zero-order valence-electron chi connectivity index (χ0n) is 14.0. The molecule has 128 valence electrons. The van der Waals surface area contributed by atoms with Crippen molar-refractivity contribution in [3.05, 3.63) is 35.9 Å². The van der Waals surface area contributed by atoms with Crippen LogP contribution in [0.15, 0.2) is 30.3 Å². The van der Waals surface area contributed by atoms with Crippen LogP contribution in [0, 0.1) is 11.8 Å². The summed E-state index contributed by atoms with van der Waals surface area (Å²) in [6, 6.07) is 9.62. The molecule has 1 amide bonds. The fraction of sp³-hybridized carbons (Fsp3) is 0.579. The SMILES string of the molecule is CCCN1C(=O)C[C@@H]2[C@@H]3CN(Cc4ccccc4)[C@]2(O)[C@@H]1CC3=O. The number of Topliss-reactive ketones (excluding diaryl/α,β-unsaturated/α-hetero) is 1. The molecule has 2 saturated heterocycles. The molecule has 1 N–H and O–H groups in total. The predicted octanol–water partition coefficient (Wildman–Crippen LogP) is 1.41. The Morgan fingerprint density at radius 2 is 1.96 bits per heavy atom. The molecule has 5 heteroatoms. The van der Waals surface area contributed by atoms with Gasteiger partial charge in [-0.2, -0.15) is 0 Å². The van der Waals surface area contributed by atoms with Gasteiger partial charge in [-0.1, -0.05) is 37.3 Å². The lowest BCUT2D eigenvalue weighted by Gasteiger charge is -2.53. The van der Waals surface area contributed by atoms with Gasteiger partial charge in [0.2, 0.25) is 5.91 Å². The Hall–Kier alpha value is -1.72. The Balaban J connectivity index is 1.70. The van der Waals surface area contributed by atoms with Gasteiger partial charge in [0.05, 0.1) is 6.04 Å². The standard InChI is InChI=1S/C19H24N2O3/c1-2-8-21-17-10-16(22)14-12-20(11-13-6-4-3-5-7-13)19(17,24)15(14)9-18(21)23/h3-7,14-15,17,24H,2,8-12H2,1H3/t14-,15+,17-,19+/m0/s1. The van der Waals surface area contributed by atoms with Crippen LogP contribution in [0.2, 0.25) is 0 Å². The second-order valence-electron chi connectivity index (χ2n) is 7.34. The Labute approximate surface area is 142 Å². The van der Waals surface area contributed by atoms with Crippen LogP contribution in [0.5, 0.6) is 0 Å².